The molecule has 0 atom stereocenters. The van der Waals surface area contributed by atoms with Crippen molar-refractivity contribution in [2.75, 3.05) is 5.32 Å². The molecule has 3 aromatic carbocycles. The molecule has 0 saturated carbocycles. The molecule has 1 N–H and O–H groups in total. The Morgan fingerprint density at radius 3 is 2.50 bits per heavy atom. The Morgan fingerprint density at radius 2 is 1.59 bits per heavy atom. The summed E-state index contributed by atoms with van der Waals surface area (Å²) in [6.45, 7) is 0. The van der Waals surface area contributed by atoms with Gasteiger partial charge in [-0.1, -0.05) is 54.0 Å². The standard InChI is InChI=1S/C18H12B2NO/c19-12-9-10-17-18(11-12)22-20-15-7-3-1-5-13(15)14-6-2-4-8-16(14)21-17/h1-11,21H. The predicted molar refractivity (Wildman–Crippen MR) is 93.0 cm³/mol. The Labute approximate surface area is 131 Å². The van der Waals surface area contributed by atoms with Gasteiger partial charge in [0.25, 0.3) is 0 Å². The Balaban J connectivity index is 1.94. The summed E-state index contributed by atoms with van der Waals surface area (Å²) in [5.74, 6) is 0.714. The molecule has 0 bridgehead atoms. The van der Waals surface area contributed by atoms with Crippen LogP contribution in [0.25, 0.3) is 11.1 Å². The first-order valence-electron chi connectivity index (χ1n) is 7.16. The van der Waals surface area contributed by atoms with E-state index in [1.807, 2.05) is 48.5 Å². The number of fused-ring (bicyclic) bond motifs is 4. The lowest BCUT2D eigenvalue weighted by molar-refractivity contribution is 0.608. The zero-order valence-corrected chi connectivity index (χ0v) is 11.9. The molecule has 1 heterocycles. The molecule has 0 unspecified atom stereocenters. The number of hydrogen-bond acceptors (Lipinski definition) is 2. The summed E-state index contributed by atoms with van der Waals surface area (Å²) in [6.07, 6.45) is 0. The molecule has 0 aromatic heterocycles. The van der Waals surface area contributed by atoms with Crippen molar-refractivity contribution >= 4 is 37.6 Å². The lowest BCUT2D eigenvalue weighted by atomic mass is 9.81. The summed E-state index contributed by atoms with van der Waals surface area (Å²) >= 11 is 0. The van der Waals surface area contributed by atoms with E-state index >= 15 is 0 Å². The van der Waals surface area contributed by atoms with E-state index in [1.165, 1.54) is 0 Å². The van der Waals surface area contributed by atoms with Crippen LogP contribution in [-0.4, -0.2) is 15.3 Å². The van der Waals surface area contributed by atoms with Crippen LogP contribution in [0.1, 0.15) is 0 Å². The monoisotopic (exact) mass is 280 g/mol. The van der Waals surface area contributed by atoms with Crippen LogP contribution in [-0.2, 0) is 0 Å². The third kappa shape index (κ3) is 2.27. The third-order valence-corrected chi connectivity index (χ3v) is 3.77. The molecule has 0 aliphatic carbocycles. The van der Waals surface area contributed by atoms with Gasteiger partial charge in [0.2, 0.25) is 0 Å². The molecule has 1 aliphatic rings. The fourth-order valence-corrected chi connectivity index (χ4v) is 2.68. The molecule has 1 aliphatic heterocycles. The number of nitrogens with one attached hydrogen (secondary N) is 1. The van der Waals surface area contributed by atoms with E-state index in [4.69, 9.17) is 12.5 Å². The minimum Gasteiger partial charge on any atom is -0.556 e. The first kappa shape index (κ1) is 13.1. The average Bonchev–Trinajstić information content (AvgIpc) is 2.61. The van der Waals surface area contributed by atoms with Gasteiger partial charge in [0, 0.05) is 11.3 Å². The second-order valence-electron chi connectivity index (χ2n) is 5.25. The van der Waals surface area contributed by atoms with Gasteiger partial charge >= 0.3 is 7.48 Å². The van der Waals surface area contributed by atoms with Gasteiger partial charge in [-0.25, -0.2) is 0 Å². The number of benzene rings is 3. The van der Waals surface area contributed by atoms with Gasteiger partial charge in [0.05, 0.1) is 5.69 Å². The molecule has 3 radical (unpaired) electrons. The molecule has 0 amide bonds. The lowest BCUT2D eigenvalue weighted by Gasteiger charge is -2.14. The van der Waals surface area contributed by atoms with Crippen molar-refractivity contribution in [3.05, 3.63) is 66.7 Å². The van der Waals surface area contributed by atoms with Crippen LogP contribution in [0.4, 0.5) is 11.4 Å². The van der Waals surface area contributed by atoms with Crippen LogP contribution in [0, 0.1) is 0 Å². The summed E-state index contributed by atoms with van der Waals surface area (Å²) in [6, 6.07) is 22.1. The van der Waals surface area contributed by atoms with E-state index in [-0.39, 0.29) is 0 Å². The predicted octanol–water partition coefficient (Wildman–Crippen LogP) is 2.53. The quantitative estimate of drug-likeness (QED) is 0.639. The largest absolute Gasteiger partial charge is 0.556 e. The van der Waals surface area contributed by atoms with Crippen molar-refractivity contribution < 1.29 is 4.65 Å². The fraction of sp³-hybridized carbons (Fsp3) is 0. The average molecular weight is 280 g/mol. The Kier molecular flexibility index (Phi) is 3.15. The Bertz CT molecular complexity index is 848. The van der Waals surface area contributed by atoms with Gasteiger partial charge < -0.3 is 9.97 Å². The molecule has 0 spiro atoms. The number of para-hydroxylation sites is 1. The maximum atomic E-state index is 5.88. The van der Waals surface area contributed by atoms with Gasteiger partial charge in [0.15, 0.2) is 0 Å². The van der Waals surface area contributed by atoms with Crippen molar-refractivity contribution in [2.45, 2.75) is 0 Å². The van der Waals surface area contributed by atoms with Gasteiger partial charge in [0.1, 0.15) is 13.6 Å². The molecule has 4 rings (SSSR count). The molecule has 101 valence electrons. The highest BCUT2D eigenvalue weighted by Crippen LogP contribution is 2.33. The molecule has 0 saturated heterocycles. The second-order valence-corrected chi connectivity index (χ2v) is 5.25. The van der Waals surface area contributed by atoms with E-state index in [1.54, 1.807) is 7.48 Å². The van der Waals surface area contributed by atoms with Crippen molar-refractivity contribution in [2.24, 2.45) is 0 Å². The van der Waals surface area contributed by atoms with Gasteiger partial charge in [-0.2, -0.15) is 0 Å². The van der Waals surface area contributed by atoms with Gasteiger partial charge in [-0.05, 0) is 29.2 Å². The molecule has 0 fully saturated rings. The van der Waals surface area contributed by atoms with Crippen molar-refractivity contribution in [3.63, 3.8) is 0 Å². The van der Waals surface area contributed by atoms with Gasteiger partial charge in [-0.15, -0.1) is 0 Å². The van der Waals surface area contributed by atoms with Crippen LogP contribution in [0.2, 0.25) is 0 Å². The maximum Gasteiger partial charge on any atom is 0.409 e. The number of rotatable bonds is 0. The number of hydrogen-bond donors (Lipinski definition) is 1. The molecule has 22 heavy (non-hydrogen) atoms. The highest BCUT2D eigenvalue weighted by Gasteiger charge is 2.16. The second kappa shape index (κ2) is 5.30. The summed E-state index contributed by atoms with van der Waals surface area (Å²) in [7, 11) is 7.65. The zero-order chi connectivity index (χ0) is 14.9. The molecule has 3 aromatic rings. The summed E-state index contributed by atoms with van der Waals surface area (Å²) < 4.78 is 5.88. The first-order valence-corrected chi connectivity index (χ1v) is 7.16. The zero-order valence-electron chi connectivity index (χ0n) is 11.9. The fourth-order valence-electron chi connectivity index (χ4n) is 2.68. The highest BCUT2D eigenvalue weighted by atomic mass is 16.4. The van der Waals surface area contributed by atoms with Crippen molar-refractivity contribution in [3.8, 4) is 16.9 Å². The Morgan fingerprint density at radius 1 is 0.818 bits per heavy atom. The molecule has 4 heteroatoms. The van der Waals surface area contributed by atoms with E-state index in [0.29, 0.717) is 11.2 Å². The van der Waals surface area contributed by atoms with E-state index < -0.39 is 0 Å². The SMILES string of the molecule is [B]c1ccc2c(c1)O[B]c1ccccc1-c1ccccc1N2. The molecular formula is C18H12B2NO. The maximum absolute atomic E-state index is 5.88. The van der Waals surface area contributed by atoms with Crippen molar-refractivity contribution in [1.82, 2.24) is 0 Å². The minimum absolute atomic E-state index is 0.676. The Hall–Kier alpha value is -2.61. The van der Waals surface area contributed by atoms with Crippen molar-refractivity contribution in [1.29, 1.82) is 0 Å². The summed E-state index contributed by atoms with van der Waals surface area (Å²) in [5, 5.41) is 3.45. The van der Waals surface area contributed by atoms with Crippen LogP contribution in [0.15, 0.2) is 66.7 Å². The van der Waals surface area contributed by atoms with Crippen LogP contribution >= 0.6 is 0 Å². The van der Waals surface area contributed by atoms with E-state index in [0.717, 1.165) is 28.0 Å². The normalized spacial score (nSPS) is 12.0. The van der Waals surface area contributed by atoms with Gasteiger partial charge in [-0.3, -0.25) is 0 Å². The summed E-state index contributed by atoms with van der Waals surface area (Å²) in [5.41, 5.74) is 5.92. The molecular weight excluding hydrogens is 268 g/mol. The molecule has 2 nitrogen and oxygen atoms in total. The van der Waals surface area contributed by atoms with Crippen LogP contribution in [0.5, 0.6) is 5.75 Å². The minimum atomic E-state index is 0.676. The first-order chi connectivity index (χ1) is 10.8. The van der Waals surface area contributed by atoms with Crippen LogP contribution in [0.3, 0.4) is 0 Å². The topological polar surface area (TPSA) is 21.3 Å². The van der Waals surface area contributed by atoms with E-state index in [2.05, 4.69) is 23.5 Å². The number of anilines is 2. The lowest BCUT2D eigenvalue weighted by Crippen LogP contribution is -2.22. The summed E-state index contributed by atoms with van der Waals surface area (Å²) in [4.78, 5) is 0. The third-order valence-electron chi connectivity index (χ3n) is 3.77. The van der Waals surface area contributed by atoms with E-state index in [9.17, 15) is 0 Å². The smallest absolute Gasteiger partial charge is 0.409 e. The highest BCUT2D eigenvalue weighted by molar-refractivity contribution is 6.50. The van der Waals surface area contributed by atoms with Crippen LogP contribution < -0.4 is 20.9 Å².